The fourth-order valence-electron chi connectivity index (χ4n) is 20.9. The van der Waals surface area contributed by atoms with Gasteiger partial charge in [-0.25, -0.2) is 24.9 Å². The number of nitrogens with zero attached hydrogens (tertiary/aromatic N) is 7. The Morgan fingerprint density at radius 3 is 1.23 bits per heavy atom. The van der Waals surface area contributed by atoms with E-state index < -0.39 is 10.8 Å². The van der Waals surface area contributed by atoms with Crippen LogP contribution in [0.3, 0.4) is 0 Å². The molecule has 26 rings (SSSR count). The second-order valence-corrected chi connectivity index (χ2v) is 34.5. The molecule has 0 N–H and O–H groups in total. The van der Waals surface area contributed by atoms with Crippen molar-refractivity contribution < 1.29 is 0 Å². The van der Waals surface area contributed by atoms with Crippen molar-refractivity contribution in [1.29, 1.82) is 0 Å². The number of rotatable bonds is 9. The zero-order chi connectivity index (χ0) is 79.9. The molecule has 7 nitrogen and oxygen atoms in total. The van der Waals surface area contributed by atoms with E-state index in [1.807, 2.05) is 41.7 Å². The van der Waals surface area contributed by atoms with E-state index in [1.54, 1.807) is 0 Å². The molecule has 122 heavy (non-hydrogen) atoms. The van der Waals surface area contributed by atoms with Gasteiger partial charge in [0.15, 0.2) is 23.3 Å². The molecule has 1 atom stereocenters. The molecule has 22 aromatic rings. The standard InChI is InChI=1S/C113H67N7S2/c1-4-27-68(28-5-1)69-53-55-74(56-54-69)110-116-109(73-33-8-3-9-34-73)117-111(118-110)77-37-25-38-78(62-77)119-98-66-102-96(63-87(98)84-59-57-70-29-10-12-39-80(70)106(84)119)113(93-49-21-23-52-101(93)122-102)91-47-19-16-43-86(91)105-79(44-26-50-94(105)113)75-35-24-36-76(61-75)97-65-104(115-108(114-97)72-31-6-2-7-32-72)120-99-67-103-95(64-88(99)85-60-58-71-30-11-13-40-81(71)107(85)120)112(92-48-20-22-51-100(92)121-103)89-45-17-14-41-82(89)83-42-15-18-46-90(83)112/h1-67H. The first-order valence-electron chi connectivity index (χ1n) is 41.6. The zero-order valence-electron chi connectivity index (χ0n) is 65.6. The van der Waals surface area contributed by atoms with Gasteiger partial charge in [0.1, 0.15) is 5.82 Å². The van der Waals surface area contributed by atoms with Crippen LogP contribution in [-0.4, -0.2) is 34.1 Å². The summed E-state index contributed by atoms with van der Waals surface area (Å²) >= 11 is 3.75. The van der Waals surface area contributed by atoms with Gasteiger partial charge in [-0.2, -0.15) is 0 Å². The molecule has 2 spiro atoms. The van der Waals surface area contributed by atoms with Crippen LogP contribution in [0.4, 0.5) is 0 Å². The van der Waals surface area contributed by atoms with Gasteiger partial charge in [-0.15, -0.1) is 0 Å². The van der Waals surface area contributed by atoms with Crippen molar-refractivity contribution >= 4 is 88.7 Å². The Hall–Kier alpha value is -15.1. The first-order valence-corrected chi connectivity index (χ1v) is 43.2. The van der Waals surface area contributed by atoms with E-state index in [1.165, 1.54) is 119 Å². The van der Waals surface area contributed by atoms with Crippen molar-refractivity contribution in [2.24, 2.45) is 0 Å². The molecule has 0 saturated carbocycles. The Morgan fingerprint density at radius 1 is 0.213 bits per heavy atom. The molecule has 6 heterocycles. The average molecular weight is 1590 g/mol. The lowest BCUT2D eigenvalue weighted by molar-refractivity contribution is 0.724. The van der Waals surface area contributed by atoms with Gasteiger partial charge in [-0.05, 0) is 154 Å². The van der Waals surface area contributed by atoms with Gasteiger partial charge >= 0.3 is 0 Å². The van der Waals surface area contributed by atoms with Gasteiger partial charge < -0.3 is 4.57 Å². The highest BCUT2D eigenvalue weighted by molar-refractivity contribution is 7.99. The van der Waals surface area contributed by atoms with E-state index in [0.717, 1.165) is 100 Å². The number of fused-ring (bicyclic) bond motifs is 28. The fraction of sp³-hybridized carbons (Fsp3) is 0.0177. The maximum Gasteiger partial charge on any atom is 0.164 e. The van der Waals surface area contributed by atoms with Crippen LogP contribution in [0.25, 0.3) is 178 Å². The summed E-state index contributed by atoms with van der Waals surface area (Å²) < 4.78 is 4.95. The predicted molar refractivity (Wildman–Crippen MR) is 500 cm³/mol. The Bertz CT molecular complexity index is 8170. The molecular formula is C113H67N7S2. The molecule has 2 aliphatic heterocycles. The van der Waals surface area contributed by atoms with Crippen molar-refractivity contribution in [2.75, 3.05) is 0 Å². The lowest BCUT2D eigenvalue weighted by Crippen LogP contribution is -2.32. The molecule has 18 aromatic carbocycles. The van der Waals surface area contributed by atoms with Gasteiger partial charge in [-0.1, -0.05) is 369 Å². The number of aromatic nitrogens is 7. The van der Waals surface area contributed by atoms with Crippen molar-refractivity contribution in [2.45, 2.75) is 30.4 Å². The fourth-order valence-corrected chi connectivity index (χ4v) is 23.3. The molecule has 1 unspecified atom stereocenters. The first-order chi connectivity index (χ1) is 60.5. The molecule has 4 aliphatic rings. The first kappa shape index (κ1) is 68.9. The summed E-state index contributed by atoms with van der Waals surface area (Å²) in [7, 11) is 0. The summed E-state index contributed by atoms with van der Waals surface area (Å²) in [6.45, 7) is 0. The summed E-state index contributed by atoms with van der Waals surface area (Å²) in [6, 6.07) is 150. The van der Waals surface area contributed by atoms with Crippen molar-refractivity contribution in [3.05, 3.63) is 451 Å². The Balaban J connectivity index is 0.645. The highest BCUT2D eigenvalue weighted by Crippen LogP contribution is 2.66. The summed E-state index contributed by atoms with van der Waals surface area (Å²) in [4.78, 5) is 32.1. The van der Waals surface area contributed by atoms with Gasteiger partial charge in [-0.3, -0.25) is 4.57 Å². The third-order valence-corrected chi connectivity index (χ3v) is 28.3. The molecule has 0 fully saturated rings. The molecule has 0 radical (unpaired) electrons. The van der Waals surface area contributed by atoms with Crippen LogP contribution in [0.5, 0.6) is 0 Å². The number of hydrogen-bond donors (Lipinski definition) is 0. The van der Waals surface area contributed by atoms with Gasteiger partial charge in [0.2, 0.25) is 0 Å². The average Bonchev–Trinajstić information content (AvgIpc) is 1.50. The Kier molecular flexibility index (Phi) is 15.1. The monoisotopic (exact) mass is 1590 g/mol. The summed E-state index contributed by atoms with van der Waals surface area (Å²) in [5.74, 6) is 3.25. The van der Waals surface area contributed by atoms with E-state index in [2.05, 4.69) is 397 Å². The zero-order valence-corrected chi connectivity index (χ0v) is 67.3. The summed E-state index contributed by atoms with van der Waals surface area (Å²) in [6.07, 6.45) is 0. The van der Waals surface area contributed by atoms with E-state index in [-0.39, 0.29) is 0 Å². The maximum atomic E-state index is 5.74. The van der Waals surface area contributed by atoms with E-state index in [0.29, 0.717) is 23.3 Å². The minimum Gasteiger partial charge on any atom is -0.309 e. The summed E-state index contributed by atoms with van der Waals surface area (Å²) in [5.41, 5.74) is 29.4. The highest BCUT2D eigenvalue weighted by atomic mass is 32.2. The Morgan fingerprint density at radius 2 is 0.623 bits per heavy atom. The SMILES string of the molecule is c1ccc(-c2ccc(-c3nc(-c4ccccc4)nc(-c4cccc(-n5c6cc7c(cc6c6ccc8ccccc8c65)C5(c6ccccc6S7)c6ccccc6-c6c(-c7cccc(-c8cc(-n9c%10cc%11c(cc%10c%10ccc%12ccccc%12c%109)C9(c%10ccccc%10S%11)c%10ccccc%10-c%10ccccc%109)nc(-c9ccccc9)n8)c7)cccc65)c4)n3)cc2)cc1. The molecule has 4 aromatic heterocycles. The molecule has 2 aliphatic carbocycles. The van der Waals surface area contributed by atoms with E-state index >= 15 is 0 Å². The molecular weight excluding hydrogens is 1520 g/mol. The Labute approximate surface area is 711 Å². The van der Waals surface area contributed by atoms with E-state index in [4.69, 9.17) is 24.9 Å². The quantitative estimate of drug-likeness (QED) is 0.143. The molecule has 566 valence electrons. The van der Waals surface area contributed by atoms with Crippen molar-refractivity contribution in [3.63, 3.8) is 0 Å². The summed E-state index contributed by atoms with van der Waals surface area (Å²) in [5, 5.41) is 9.33. The van der Waals surface area contributed by atoms with Crippen LogP contribution in [-0.2, 0) is 10.8 Å². The molecule has 0 amide bonds. The topological polar surface area (TPSA) is 74.3 Å². The van der Waals surface area contributed by atoms with Crippen molar-refractivity contribution in [3.8, 4) is 113 Å². The predicted octanol–water partition coefficient (Wildman–Crippen LogP) is 28.5. The van der Waals surface area contributed by atoms with Gasteiger partial charge in [0.25, 0.3) is 0 Å². The maximum absolute atomic E-state index is 5.74. The molecule has 9 heteroatoms. The van der Waals surface area contributed by atoms with Gasteiger partial charge in [0, 0.05) is 91.5 Å². The van der Waals surface area contributed by atoms with Crippen molar-refractivity contribution in [1.82, 2.24) is 34.1 Å². The van der Waals surface area contributed by atoms with Crippen LogP contribution in [0.15, 0.2) is 426 Å². The lowest BCUT2D eigenvalue weighted by atomic mass is 9.67. The van der Waals surface area contributed by atoms with E-state index in [9.17, 15) is 0 Å². The smallest absolute Gasteiger partial charge is 0.164 e. The van der Waals surface area contributed by atoms with Crippen LogP contribution in [0.2, 0.25) is 0 Å². The van der Waals surface area contributed by atoms with Gasteiger partial charge in [0.05, 0.1) is 38.6 Å². The van der Waals surface area contributed by atoms with Crippen LogP contribution >= 0.6 is 23.5 Å². The van der Waals surface area contributed by atoms with Crippen LogP contribution in [0.1, 0.15) is 44.5 Å². The highest BCUT2D eigenvalue weighted by Gasteiger charge is 2.53. The lowest BCUT2D eigenvalue weighted by Gasteiger charge is -2.40. The molecule has 0 saturated heterocycles. The number of hydrogen-bond acceptors (Lipinski definition) is 7. The second-order valence-electron chi connectivity index (χ2n) is 32.4. The normalized spacial score (nSPS) is 14.3. The third kappa shape index (κ3) is 10.0. The molecule has 0 bridgehead atoms. The number of benzene rings is 18. The largest absolute Gasteiger partial charge is 0.309 e. The second kappa shape index (κ2) is 26.7. The van der Waals surface area contributed by atoms with Crippen LogP contribution < -0.4 is 0 Å². The van der Waals surface area contributed by atoms with Crippen LogP contribution in [0, 0.1) is 0 Å². The minimum absolute atomic E-state index is 0.552. The third-order valence-electron chi connectivity index (χ3n) is 26.1. The minimum atomic E-state index is -0.725.